The van der Waals surface area contributed by atoms with Crippen LogP contribution in [-0.4, -0.2) is 23.3 Å². The summed E-state index contributed by atoms with van der Waals surface area (Å²) < 4.78 is 19.4. The Bertz CT molecular complexity index is 1150. The maximum absolute atomic E-state index is 6.01. The molecule has 0 fully saturated rings. The fourth-order valence-corrected chi connectivity index (χ4v) is 3.38. The van der Waals surface area contributed by atoms with E-state index in [2.05, 4.69) is 36.6 Å². The summed E-state index contributed by atoms with van der Waals surface area (Å²) in [6, 6.07) is 21.9. The van der Waals surface area contributed by atoms with E-state index in [1.165, 1.54) is 11.1 Å². The van der Waals surface area contributed by atoms with Gasteiger partial charge < -0.3 is 18.8 Å². The highest BCUT2D eigenvalue weighted by atomic mass is 16.5. The number of aromatic nitrogens is 2. The number of rotatable bonds is 8. The van der Waals surface area contributed by atoms with Gasteiger partial charge in [0.15, 0.2) is 0 Å². The summed E-state index contributed by atoms with van der Waals surface area (Å²) in [7, 11) is 1.65. The summed E-state index contributed by atoms with van der Waals surface area (Å²) >= 11 is 0. The van der Waals surface area contributed by atoms with E-state index in [1.54, 1.807) is 7.11 Å². The van der Waals surface area contributed by atoms with Gasteiger partial charge in [-0.2, -0.15) is 0 Å². The van der Waals surface area contributed by atoms with Crippen molar-refractivity contribution in [3.8, 4) is 17.2 Å². The second-order valence-corrected chi connectivity index (χ2v) is 7.23. The van der Waals surface area contributed by atoms with Gasteiger partial charge >= 0.3 is 0 Å². The molecule has 0 saturated heterocycles. The van der Waals surface area contributed by atoms with Gasteiger partial charge in [0.25, 0.3) is 0 Å². The van der Waals surface area contributed by atoms with E-state index >= 15 is 0 Å². The predicted molar refractivity (Wildman–Crippen MR) is 118 cm³/mol. The van der Waals surface area contributed by atoms with Gasteiger partial charge in [0.05, 0.1) is 24.7 Å². The monoisotopic (exact) mass is 402 g/mol. The molecule has 0 unspecified atom stereocenters. The van der Waals surface area contributed by atoms with Crippen LogP contribution in [0.4, 0.5) is 0 Å². The Labute approximate surface area is 176 Å². The number of imidazole rings is 1. The molecule has 5 nitrogen and oxygen atoms in total. The number of nitrogens with zero attached hydrogens (tertiary/aromatic N) is 2. The standard InChI is InChI=1S/C25H26N2O3/c1-18-11-12-22(15-19(18)2)29-14-13-27-24-10-5-4-9-23(24)26-25(27)17-30-21-8-6-7-20(16-21)28-3/h4-12,15-16H,13-14,17H2,1-3H3. The van der Waals surface area contributed by atoms with Crippen molar-refractivity contribution in [2.75, 3.05) is 13.7 Å². The van der Waals surface area contributed by atoms with Crippen LogP contribution >= 0.6 is 0 Å². The number of methoxy groups -OCH3 is 1. The zero-order chi connectivity index (χ0) is 20.9. The number of ether oxygens (including phenoxy) is 3. The molecule has 0 aliphatic carbocycles. The first-order valence-electron chi connectivity index (χ1n) is 10.0. The van der Waals surface area contributed by atoms with Crippen molar-refractivity contribution in [1.29, 1.82) is 0 Å². The molecule has 0 N–H and O–H groups in total. The molecule has 0 atom stereocenters. The summed E-state index contributed by atoms with van der Waals surface area (Å²) in [4.78, 5) is 4.77. The molecule has 154 valence electrons. The average molecular weight is 402 g/mol. The molecule has 5 heteroatoms. The third kappa shape index (κ3) is 4.40. The molecule has 0 aliphatic rings. The number of hydrogen-bond acceptors (Lipinski definition) is 4. The number of benzene rings is 3. The fraction of sp³-hybridized carbons (Fsp3) is 0.240. The Morgan fingerprint density at radius 1 is 0.800 bits per heavy atom. The highest BCUT2D eigenvalue weighted by molar-refractivity contribution is 5.75. The van der Waals surface area contributed by atoms with Crippen LogP contribution in [0.2, 0.25) is 0 Å². The topological polar surface area (TPSA) is 45.5 Å². The van der Waals surface area contributed by atoms with Crippen LogP contribution in [0.5, 0.6) is 17.2 Å². The number of hydrogen-bond donors (Lipinski definition) is 0. The summed E-state index contributed by atoms with van der Waals surface area (Å²) in [5.74, 6) is 3.27. The first-order chi connectivity index (χ1) is 14.6. The van der Waals surface area contributed by atoms with E-state index in [0.717, 1.165) is 34.1 Å². The van der Waals surface area contributed by atoms with Crippen LogP contribution in [0.25, 0.3) is 11.0 Å². The molecule has 0 saturated carbocycles. The van der Waals surface area contributed by atoms with E-state index < -0.39 is 0 Å². The second-order valence-electron chi connectivity index (χ2n) is 7.23. The summed E-state index contributed by atoms with van der Waals surface area (Å²) in [6.07, 6.45) is 0. The summed E-state index contributed by atoms with van der Waals surface area (Å²) in [5, 5.41) is 0. The molecule has 1 heterocycles. The van der Waals surface area contributed by atoms with Gasteiger partial charge in [-0.1, -0.05) is 24.3 Å². The number of aryl methyl sites for hydroxylation is 2. The molecule has 4 aromatic rings. The van der Waals surface area contributed by atoms with Crippen molar-refractivity contribution in [2.45, 2.75) is 27.0 Å². The highest BCUT2D eigenvalue weighted by Gasteiger charge is 2.12. The maximum atomic E-state index is 6.01. The van der Waals surface area contributed by atoms with Crippen molar-refractivity contribution < 1.29 is 14.2 Å². The molecular weight excluding hydrogens is 376 g/mol. The SMILES string of the molecule is COc1cccc(OCc2nc3ccccc3n2CCOc2ccc(C)c(C)c2)c1. The van der Waals surface area contributed by atoms with Crippen molar-refractivity contribution in [3.63, 3.8) is 0 Å². The Hall–Kier alpha value is -3.47. The summed E-state index contributed by atoms with van der Waals surface area (Å²) in [6.45, 7) is 5.80. The van der Waals surface area contributed by atoms with Crippen molar-refractivity contribution >= 4 is 11.0 Å². The van der Waals surface area contributed by atoms with Gasteiger partial charge in [0.1, 0.15) is 36.3 Å². The Morgan fingerprint density at radius 3 is 2.43 bits per heavy atom. The fourth-order valence-electron chi connectivity index (χ4n) is 3.38. The Balaban J connectivity index is 1.50. The van der Waals surface area contributed by atoms with Gasteiger partial charge in [-0.05, 0) is 61.4 Å². The molecule has 0 aliphatic heterocycles. The smallest absolute Gasteiger partial charge is 0.148 e. The van der Waals surface area contributed by atoms with Crippen molar-refractivity contribution in [1.82, 2.24) is 9.55 Å². The van der Waals surface area contributed by atoms with Gasteiger partial charge in [-0.15, -0.1) is 0 Å². The van der Waals surface area contributed by atoms with Gasteiger partial charge in [-0.25, -0.2) is 4.98 Å². The number of para-hydroxylation sites is 2. The first-order valence-corrected chi connectivity index (χ1v) is 10.0. The van der Waals surface area contributed by atoms with E-state index in [1.807, 2.05) is 48.5 Å². The lowest BCUT2D eigenvalue weighted by atomic mass is 10.1. The Kier molecular flexibility index (Phi) is 5.89. The van der Waals surface area contributed by atoms with Crippen LogP contribution in [0, 0.1) is 13.8 Å². The van der Waals surface area contributed by atoms with Crippen molar-refractivity contribution in [3.05, 3.63) is 83.7 Å². The Morgan fingerprint density at radius 2 is 1.60 bits per heavy atom. The van der Waals surface area contributed by atoms with Crippen LogP contribution in [0.15, 0.2) is 66.7 Å². The quantitative estimate of drug-likeness (QED) is 0.400. The molecule has 3 aromatic carbocycles. The molecule has 0 radical (unpaired) electrons. The predicted octanol–water partition coefficient (Wildman–Crippen LogP) is 5.32. The van der Waals surface area contributed by atoms with Crippen LogP contribution in [0.3, 0.4) is 0 Å². The van der Waals surface area contributed by atoms with E-state index in [9.17, 15) is 0 Å². The maximum Gasteiger partial charge on any atom is 0.148 e. The molecule has 4 rings (SSSR count). The minimum Gasteiger partial charge on any atom is -0.497 e. The van der Waals surface area contributed by atoms with E-state index in [4.69, 9.17) is 19.2 Å². The van der Waals surface area contributed by atoms with Gasteiger partial charge in [0.2, 0.25) is 0 Å². The molecule has 30 heavy (non-hydrogen) atoms. The zero-order valence-electron chi connectivity index (χ0n) is 17.6. The lowest BCUT2D eigenvalue weighted by molar-refractivity contribution is 0.271. The summed E-state index contributed by atoms with van der Waals surface area (Å²) in [5.41, 5.74) is 4.52. The lowest BCUT2D eigenvalue weighted by Crippen LogP contribution is -2.13. The minimum atomic E-state index is 0.367. The van der Waals surface area contributed by atoms with E-state index in [0.29, 0.717) is 19.8 Å². The van der Waals surface area contributed by atoms with Crippen LogP contribution in [0.1, 0.15) is 17.0 Å². The molecular formula is C25H26N2O3. The number of fused-ring (bicyclic) bond motifs is 1. The van der Waals surface area contributed by atoms with Gasteiger partial charge in [-0.3, -0.25) is 0 Å². The molecule has 0 amide bonds. The van der Waals surface area contributed by atoms with Gasteiger partial charge in [0, 0.05) is 6.07 Å². The zero-order valence-corrected chi connectivity index (χ0v) is 17.6. The molecule has 0 spiro atoms. The normalized spacial score (nSPS) is 10.9. The highest BCUT2D eigenvalue weighted by Crippen LogP contribution is 2.22. The van der Waals surface area contributed by atoms with Crippen molar-refractivity contribution in [2.24, 2.45) is 0 Å². The minimum absolute atomic E-state index is 0.367. The molecule has 0 bridgehead atoms. The average Bonchev–Trinajstić information content (AvgIpc) is 3.12. The third-order valence-electron chi connectivity index (χ3n) is 5.20. The first kappa shape index (κ1) is 19.8. The third-order valence-corrected chi connectivity index (χ3v) is 5.20. The lowest BCUT2D eigenvalue weighted by Gasteiger charge is -2.13. The largest absolute Gasteiger partial charge is 0.497 e. The van der Waals surface area contributed by atoms with Crippen LogP contribution in [-0.2, 0) is 13.2 Å². The van der Waals surface area contributed by atoms with Crippen LogP contribution < -0.4 is 14.2 Å². The second kappa shape index (κ2) is 8.91. The van der Waals surface area contributed by atoms with E-state index in [-0.39, 0.29) is 0 Å². The molecule has 1 aromatic heterocycles.